The van der Waals surface area contributed by atoms with Crippen molar-refractivity contribution >= 4 is 5.69 Å². The smallest absolute Gasteiger partial charge is 0.214 e. The Balaban J connectivity index is 2.55. The van der Waals surface area contributed by atoms with E-state index in [-0.39, 0.29) is 0 Å². The van der Waals surface area contributed by atoms with E-state index < -0.39 is 5.95 Å². The molecule has 0 amide bonds. The van der Waals surface area contributed by atoms with E-state index in [0.717, 1.165) is 12.2 Å². The molecule has 1 aromatic rings. The Morgan fingerprint density at radius 1 is 1.25 bits per heavy atom. The first kappa shape index (κ1) is 12.9. The van der Waals surface area contributed by atoms with Crippen molar-refractivity contribution in [2.24, 2.45) is 17.8 Å². The molecule has 0 aliphatic rings. The summed E-state index contributed by atoms with van der Waals surface area (Å²) in [4.78, 5) is 3.53. The van der Waals surface area contributed by atoms with Gasteiger partial charge in [-0.25, -0.2) is 4.98 Å². The lowest BCUT2D eigenvalue weighted by Gasteiger charge is -2.25. The Morgan fingerprint density at radius 2 is 1.88 bits per heavy atom. The lowest BCUT2D eigenvalue weighted by atomic mass is 9.85. The summed E-state index contributed by atoms with van der Waals surface area (Å²) in [5, 5.41) is 3.27. The molecule has 0 aromatic carbocycles. The van der Waals surface area contributed by atoms with Crippen LogP contribution in [0.2, 0.25) is 0 Å². The van der Waals surface area contributed by atoms with Gasteiger partial charge in [0.05, 0.1) is 0 Å². The van der Waals surface area contributed by atoms with Gasteiger partial charge in [0.2, 0.25) is 5.95 Å². The van der Waals surface area contributed by atoms with E-state index in [1.165, 1.54) is 12.3 Å². The van der Waals surface area contributed by atoms with Crippen molar-refractivity contribution in [3.8, 4) is 0 Å². The Bertz CT molecular complexity index is 315. The molecule has 0 atom stereocenters. The first-order valence-electron chi connectivity index (χ1n) is 5.86. The number of hydrogen-bond acceptors (Lipinski definition) is 2. The number of anilines is 1. The SMILES string of the molecule is CC(C)C(CNc1ccnc(F)c1)C(C)C. The van der Waals surface area contributed by atoms with Crippen LogP contribution in [0.25, 0.3) is 0 Å². The van der Waals surface area contributed by atoms with Crippen LogP contribution in [0.5, 0.6) is 0 Å². The molecular weight excluding hydrogens is 203 g/mol. The molecule has 1 aromatic heterocycles. The van der Waals surface area contributed by atoms with Gasteiger partial charge in [-0.2, -0.15) is 4.39 Å². The number of hydrogen-bond donors (Lipinski definition) is 1. The van der Waals surface area contributed by atoms with Gasteiger partial charge in [-0.15, -0.1) is 0 Å². The summed E-state index contributed by atoms with van der Waals surface area (Å²) in [5.74, 6) is 1.41. The second kappa shape index (κ2) is 5.83. The Kier molecular flexibility index (Phi) is 4.71. The molecule has 0 aliphatic carbocycles. The van der Waals surface area contributed by atoms with Crippen molar-refractivity contribution in [2.45, 2.75) is 27.7 Å². The monoisotopic (exact) mass is 224 g/mol. The standard InChI is InChI=1S/C13H21FN2/c1-9(2)12(10(3)4)8-16-11-5-6-15-13(14)7-11/h5-7,9-10,12H,8H2,1-4H3,(H,15,16). The fourth-order valence-electron chi connectivity index (χ4n) is 1.99. The maximum absolute atomic E-state index is 12.9. The van der Waals surface area contributed by atoms with Gasteiger partial charge in [-0.1, -0.05) is 27.7 Å². The molecule has 90 valence electrons. The lowest BCUT2D eigenvalue weighted by molar-refractivity contribution is 0.304. The molecule has 2 nitrogen and oxygen atoms in total. The van der Waals surface area contributed by atoms with Crippen LogP contribution in [0.1, 0.15) is 27.7 Å². The molecule has 0 spiro atoms. The van der Waals surface area contributed by atoms with Gasteiger partial charge in [0.15, 0.2) is 0 Å². The highest BCUT2D eigenvalue weighted by atomic mass is 19.1. The van der Waals surface area contributed by atoms with Crippen LogP contribution < -0.4 is 5.32 Å². The van der Waals surface area contributed by atoms with Crippen LogP contribution >= 0.6 is 0 Å². The van der Waals surface area contributed by atoms with Crippen LogP contribution in [0, 0.1) is 23.7 Å². The number of aromatic nitrogens is 1. The lowest BCUT2D eigenvalue weighted by Crippen LogP contribution is -2.24. The molecule has 0 bridgehead atoms. The Morgan fingerprint density at radius 3 is 2.38 bits per heavy atom. The van der Waals surface area contributed by atoms with Crippen LogP contribution in [0.4, 0.5) is 10.1 Å². The highest BCUT2D eigenvalue weighted by molar-refractivity contribution is 5.41. The summed E-state index contributed by atoms with van der Waals surface area (Å²) in [6.45, 7) is 9.76. The maximum Gasteiger partial charge on any atom is 0.214 e. The van der Waals surface area contributed by atoms with Gasteiger partial charge in [-0.05, 0) is 23.8 Å². The van der Waals surface area contributed by atoms with Gasteiger partial charge in [0.25, 0.3) is 0 Å². The van der Waals surface area contributed by atoms with E-state index in [0.29, 0.717) is 17.8 Å². The normalized spacial score (nSPS) is 11.5. The first-order chi connectivity index (χ1) is 7.50. The fourth-order valence-corrected chi connectivity index (χ4v) is 1.99. The van der Waals surface area contributed by atoms with Gasteiger partial charge in [0, 0.05) is 24.5 Å². The van der Waals surface area contributed by atoms with Gasteiger partial charge in [0.1, 0.15) is 0 Å². The summed E-state index contributed by atoms with van der Waals surface area (Å²) in [5.41, 5.74) is 0.804. The molecule has 0 unspecified atom stereocenters. The molecule has 1 heterocycles. The van der Waals surface area contributed by atoms with Crippen molar-refractivity contribution in [1.82, 2.24) is 4.98 Å². The molecule has 0 radical (unpaired) electrons. The third kappa shape index (κ3) is 3.80. The minimum absolute atomic E-state index is 0.435. The zero-order chi connectivity index (χ0) is 12.1. The Labute approximate surface area is 97.3 Å². The van der Waals surface area contributed by atoms with Crippen molar-refractivity contribution in [1.29, 1.82) is 0 Å². The second-order valence-corrected chi connectivity index (χ2v) is 4.90. The average Bonchev–Trinajstić information content (AvgIpc) is 2.16. The molecule has 0 fully saturated rings. The number of nitrogens with zero attached hydrogens (tertiary/aromatic N) is 1. The summed E-state index contributed by atoms with van der Waals surface area (Å²) in [7, 11) is 0. The van der Waals surface area contributed by atoms with E-state index >= 15 is 0 Å². The van der Waals surface area contributed by atoms with E-state index in [9.17, 15) is 4.39 Å². The quantitative estimate of drug-likeness (QED) is 0.773. The third-order valence-corrected chi connectivity index (χ3v) is 2.98. The average molecular weight is 224 g/mol. The zero-order valence-electron chi connectivity index (χ0n) is 10.5. The van der Waals surface area contributed by atoms with E-state index in [1.54, 1.807) is 6.07 Å². The largest absolute Gasteiger partial charge is 0.385 e. The Hall–Kier alpha value is -1.12. The first-order valence-corrected chi connectivity index (χ1v) is 5.86. The van der Waals surface area contributed by atoms with Crippen LogP contribution in [0.15, 0.2) is 18.3 Å². The molecule has 0 aliphatic heterocycles. The van der Waals surface area contributed by atoms with Crippen LogP contribution in [-0.4, -0.2) is 11.5 Å². The second-order valence-electron chi connectivity index (χ2n) is 4.90. The van der Waals surface area contributed by atoms with Crippen molar-refractivity contribution in [2.75, 3.05) is 11.9 Å². The van der Waals surface area contributed by atoms with E-state index in [2.05, 4.69) is 38.0 Å². The number of nitrogens with one attached hydrogen (secondary N) is 1. The van der Waals surface area contributed by atoms with E-state index in [4.69, 9.17) is 0 Å². The van der Waals surface area contributed by atoms with Crippen molar-refractivity contribution in [3.63, 3.8) is 0 Å². The minimum atomic E-state index is -0.435. The summed E-state index contributed by atoms with van der Waals surface area (Å²) in [6.07, 6.45) is 1.48. The fraction of sp³-hybridized carbons (Fsp3) is 0.615. The summed E-state index contributed by atoms with van der Waals surface area (Å²) >= 11 is 0. The molecule has 1 rings (SSSR count). The summed E-state index contributed by atoms with van der Waals surface area (Å²) < 4.78 is 12.9. The number of halogens is 1. The highest BCUT2D eigenvalue weighted by Crippen LogP contribution is 2.21. The highest BCUT2D eigenvalue weighted by Gasteiger charge is 2.16. The molecular formula is C13H21FN2. The van der Waals surface area contributed by atoms with Gasteiger partial charge in [-0.3, -0.25) is 0 Å². The zero-order valence-corrected chi connectivity index (χ0v) is 10.5. The molecule has 0 saturated heterocycles. The van der Waals surface area contributed by atoms with Crippen molar-refractivity contribution in [3.05, 3.63) is 24.3 Å². The number of pyridine rings is 1. The predicted octanol–water partition coefficient (Wildman–Crippen LogP) is 3.56. The predicted molar refractivity (Wildman–Crippen MR) is 65.9 cm³/mol. The van der Waals surface area contributed by atoms with Gasteiger partial charge < -0.3 is 5.32 Å². The van der Waals surface area contributed by atoms with Crippen LogP contribution in [0.3, 0.4) is 0 Å². The van der Waals surface area contributed by atoms with Crippen molar-refractivity contribution < 1.29 is 4.39 Å². The molecule has 0 saturated carbocycles. The molecule has 16 heavy (non-hydrogen) atoms. The van der Waals surface area contributed by atoms with Gasteiger partial charge >= 0.3 is 0 Å². The maximum atomic E-state index is 12.9. The van der Waals surface area contributed by atoms with Crippen LogP contribution in [-0.2, 0) is 0 Å². The van der Waals surface area contributed by atoms with E-state index in [1.807, 2.05) is 0 Å². The number of rotatable bonds is 5. The summed E-state index contributed by atoms with van der Waals surface area (Å²) in [6, 6.07) is 3.22. The minimum Gasteiger partial charge on any atom is -0.385 e. The third-order valence-electron chi connectivity index (χ3n) is 2.98. The molecule has 1 N–H and O–H groups in total. The molecule has 3 heteroatoms. The topological polar surface area (TPSA) is 24.9 Å².